The van der Waals surface area contributed by atoms with Crippen molar-refractivity contribution in [1.29, 1.82) is 0 Å². The molecule has 2 unspecified atom stereocenters. The first kappa shape index (κ1) is 14.6. The molecule has 2 atom stereocenters. The number of ketones is 1. The molecule has 0 saturated heterocycles. The summed E-state index contributed by atoms with van der Waals surface area (Å²) in [6.45, 7) is 0. The Labute approximate surface area is 119 Å². The second kappa shape index (κ2) is 7.71. The summed E-state index contributed by atoms with van der Waals surface area (Å²) in [4.78, 5) is 13.3. The molecule has 0 radical (unpaired) electrons. The molecule has 1 aliphatic rings. The molecule has 0 aliphatic heterocycles. The van der Waals surface area contributed by atoms with E-state index in [4.69, 9.17) is 0 Å². The first-order valence-electron chi connectivity index (χ1n) is 7.20. The summed E-state index contributed by atoms with van der Waals surface area (Å²) in [5, 5.41) is 9.99. The lowest BCUT2D eigenvalue weighted by molar-refractivity contribution is -0.120. The summed E-state index contributed by atoms with van der Waals surface area (Å²) in [6.07, 6.45) is 6.36. The van der Waals surface area contributed by atoms with E-state index in [9.17, 15) is 9.90 Å². The Morgan fingerprint density at radius 2 is 1.68 bits per heavy atom. The van der Waals surface area contributed by atoms with Gasteiger partial charge in [0, 0.05) is 11.3 Å². The van der Waals surface area contributed by atoms with E-state index in [1.165, 1.54) is 24.6 Å². The molecule has 1 saturated carbocycles. The number of aliphatic hydroxyl groups is 1. The highest BCUT2D eigenvalue weighted by molar-refractivity contribution is 8.00. The van der Waals surface area contributed by atoms with Crippen molar-refractivity contribution in [3.05, 3.63) is 30.3 Å². The number of hydrogen-bond donors (Lipinski definition) is 1. The lowest BCUT2D eigenvalue weighted by Crippen LogP contribution is -2.31. The molecule has 0 spiro atoms. The van der Waals surface area contributed by atoms with Crippen molar-refractivity contribution >= 4 is 17.5 Å². The predicted octanol–water partition coefficient (Wildman–Crippen LogP) is 3.82. The van der Waals surface area contributed by atoms with E-state index in [0.29, 0.717) is 6.42 Å². The van der Waals surface area contributed by atoms with Gasteiger partial charge in [0.15, 0.2) is 0 Å². The average Bonchev–Trinajstić information content (AvgIpc) is 2.44. The fraction of sp³-hybridized carbons (Fsp3) is 0.562. The van der Waals surface area contributed by atoms with Crippen LogP contribution in [0.2, 0.25) is 0 Å². The zero-order valence-corrected chi connectivity index (χ0v) is 12.1. The molecular weight excluding hydrogens is 256 g/mol. The van der Waals surface area contributed by atoms with Gasteiger partial charge >= 0.3 is 0 Å². The lowest BCUT2D eigenvalue weighted by atomic mass is 9.98. The molecule has 3 heteroatoms. The smallest absolute Gasteiger partial charge is 0.148 e. The highest BCUT2D eigenvalue weighted by Gasteiger charge is 2.27. The number of aliphatic hydroxyl groups excluding tert-OH is 1. The van der Waals surface area contributed by atoms with Gasteiger partial charge in [0.2, 0.25) is 0 Å². The fourth-order valence-electron chi connectivity index (χ4n) is 2.48. The zero-order chi connectivity index (χ0) is 13.5. The Balaban J connectivity index is 2.05. The Morgan fingerprint density at radius 3 is 2.47 bits per heavy atom. The Bertz CT molecular complexity index is 391. The van der Waals surface area contributed by atoms with Crippen LogP contribution in [0.25, 0.3) is 0 Å². The van der Waals surface area contributed by atoms with Gasteiger partial charge in [0.1, 0.15) is 5.78 Å². The normalized spacial score (nSPS) is 26.1. The van der Waals surface area contributed by atoms with Crippen LogP contribution in [0.5, 0.6) is 0 Å². The van der Waals surface area contributed by atoms with E-state index in [1.807, 2.05) is 30.3 Å². The molecule has 1 aromatic carbocycles. The second-order valence-electron chi connectivity index (χ2n) is 5.19. The number of thioether (sulfide) groups is 1. The van der Waals surface area contributed by atoms with Gasteiger partial charge in [0.25, 0.3) is 0 Å². The summed E-state index contributed by atoms with van der Waals surface area (Å²) in [5.74, 6) is 0.211. The van der Waals surface area contributed by atoms with Gasteiger partial charge in [-0.05, 0) is 25.0 Å². The number of carbonyl (C=O) groups is 1. The maximum atomic E-state index is 12.3. The quantitative estimate of drug-likeness (QED) is 0.893. The van der Waals surface area contributed by atoms with E-state index in [0.717, 1.165) is 30.6 Å². The maximum Gasteiger partial charge on any atom is 0.148 e. The Kier molecular flexibility index (Phi) is 5.93. The first-order valence-corrected chi connectivity index (χ1v) is 8.08. The van der Waals surface area contributed by atoms with Gasteiger partial charge in [-0.1, -0.05) is 43.9 Å². The van der Waals surface area contributed by atoms with Crippen molar-refractivity contribution in [3.8, 4) is 0 Å². The highest BCUT2D eigenvalue weighted by Crippen LogP contribution is 2.30. The molecular formula is C16H22O2S. The number of hydrogen-bond acceptors (Lipinski definition) is 3. The third kappa shape index (κ3) is 4.66. The van der Waals surface area contributed by atoms with Crippen LogP contribution in [-0.2, 0) is 4.79 Å². The van der Waals surface area contributed by atoms with Gasteiger partial charge < -0.3 is 5.11 Å². The molecule has 19 heavy (non-hydrogen) atoms. The number of rotatable bonds is 2. The van der Waals surface area contributed by atoms with Crippen LogP contribution in [-0.4, -0.2) is 22.2 Å². The molecule has 1 aliphatic carbocycles. The standard InChI is InChI=1S/C16H22O2S/c17-14-11-7-2-1-3-8-12-15(18)16(14)19-13-9-5-4-6-10-13/h4-6,9-10,14,16-17H,1-3,7-8,11-12H2. The summed E-state index contributed by atoms with van der Waals surface area (Å²) < 4.78 is 0. The highest BCUT2D eigenvalue weighted by atomic mass is 32.2. The lowest BCUT2D eigenvalue weighted by Gasteiger charge is -2.22. The summed E-state index contributed by atoms with van der Waals surface area (Å²) in [5.41, 5.74) is 0. The largest absolute Gasteiger partial charge is 0.391 e. The van der Waals surface area contributed by atoms with Crippen molar-refractivity contribution < 1.29 is 9.90 Å². The number of benzene rings is 1. The topological polar surface area (TPSA) is 37.3 Å². The summed E-state index contributed by atoms with van der Waals surface area (Å²) in [7, 11) is 0. The molecule has 2 rings (SSSR count). The van der Waals surface area contributed by atoms with Crippen LogP contribution >= 0.6 is 11.8 Å². The van der Waals surface area contributed by atoms with Crippen LogP contribution in [0, 0.1) is 0 Å². The molecule has 2 nitrogen and oxygen atoms in total. The second-order valence-corrected chi connectivity index (χ2v) is 6.41. The van der Waals surface area contributed by atoms with Gasteiger partial charge in [0.05, 0.1) is 11.4 Å². The van der Waals surface area contributed by atoms with Crippen LogP contribution < -0.4 is 0 Å². The molecule has 0 heterocycles. The van der Waals surface area contributed by atoms with E-state index < -0.39 is 6.10 Å². The molecule has 1 aromatic rings. The number of carbonyl (C=O) groups excluding carboxylic acids is 1. The fourth-order valence-corrected chi connectivity index (χ4v) is 3.63. The predicted molar refractivity (Wildman–Crippen MR) is 79.4 cm³/mol. The van der Waals surface area contributed by atoms with Gasteiger partial charge in [-0.3, -0.25) is 4.79 Å². The first-order chi connectivity index (χ1) is 9.27. The Morgan fingerprint density at radius 1 is 1.00 bits per heavy atom. The van der Waals surface area contributed by atoms with Gasteiger partial charge in [-0.25, -0.2) is 0 Å². The molecule has 1 N–H and O–H groups in total. The third-order valence-electron chi connectivity index (χ3n) is 3.60. The van der Waals surface area contributed by atoms with Crippen molar-refractivity contribution in [2.45, 2.75) is 61.2 Å². The number of Topliss-reactive ketones (excluding diaryl/α,β-unsaturated/α-hetero) is 1. The zero-order valence-electron chi connectivity index (χ0n) is 11.3. The molecule has 0 aromatic heterocycles. The van der Waals surface area contributed by atoms with Crippen molar-refractivity contribution in [2.75, 3.05) is 0 Å². The van der Waals surface area contributed by atoms with Gasteiger partial charge in [-0.15, -0.1) is 11.8 Å². The molecule has 104 valence electrons. The molecule has 1 fully saturated rings. The van der Waals surface area contributed by atoms with Crippen molar-refractivity contribution in [2.24, 2.45) is 0 Å². The van der Waals surface area contributed by atoms with Crippen LogP contribution in [0.15, 0.2) is 35.2 Å². The summed E-state index contributed by atoms with van der Waals surface area (Å²) in [6, 6.07) is 9.92. The Hall–Kier alpha value is -0.800. The molecule has 0 amide bonds. The minimum Gasteiger partial charge on any atom is -0.391 e. The summed E-state index contributed by atoms with van der Waals surface area (Å²) >= 11 is 1.52. The van der Waals surface area contributed by atoms with E-state index in [-0.39, 0.29) is 11.0 Å². The van der Waals surface area contributed by atoms with E-state index in [1.54, 1.807) is 0 Å². The van der Waals surface area contributed by atoms with E-state index >= 15 is 0 Å². The van der Waals surface area contributed by atoms with Crippen LogP contribution in [0.4, 0.5) is 0 Å². The maximum absolute atomic E-state index is 12.3. The molecule has 0 bridgehead atoms. The monoisotopic (exact) mass is 278 g/mol. The van der Waals surface area contributed by atoms with Crippen molar-refractivity contribution in [3.63, 3.8) is 0 Å². The minimum atomic E-state index is -0.504. The van der Waals surface area contributed by atoms with Crippen LogP contribution in [0.1, 0.15) is 44.9 Å². The van der Waals surface area contributed by atoms with Gasteiger partial charge in [-0.2, -0.15) is 0 Å². The minimum absolute atomic E-state index is 0.211. The van der Waals surface area contributed by atoms with Crippen molar-refractivity contribution in [1.82, 2.24) is 0 Å². The third-order valence-corrected chi connectivity index (χ3v) is 4.97. The van der Waals surface area contributed by atoms with Crippen LogP contribution in [0.3, 0.4) is 0 Å². The SMILES string of the molecule is O=C1CCCCCCCC(O)C1Sc1ccccc1. The average molecular weight is 278 g/mol. The van der Waals surface area contributed by atoms with E-state index in [2.05, 4.69) is 0 Å².